The third kappa shape index (κ3) is 3.83. The molecule has 2 heterocycles. The molecule has 3 rings (SSSR count). The Bertz CT molecular complexity index is 803. The van der Waals surface area contributed by atoms with Crippen LogP contribution < -0.4 is 5.32 Å². The number of furan rings is 1. The van der Waals surface area contributed by atoms with Crippen LogP contribution in [0.15, 0.2) is 34.9 Å². The number of benzene rings is 1. The first-order chi connectivity index (χ1) is 12.0. The molecule has 1 aliphatic heterocycles. The van der Waals surface area contributed by atoms with Gasteiger partial charge < -0.3 is 14.6 Å². The highest BCUT2D eigenvalue weighted by atomic mass is 35.5. The predicted molar refractivity (Wildman–Crippen MR) is 97.2 cm³/mol. The van der Waals surface area contributed by atoms with E-state index in [1.807, 2.05) is 0 Å². The van der Waals surface area contributed by atoms with E-state index in [0.717, 1.165) is 12.8 Å². The van der Waals surface area contributed by atoms with Gasteiger partial charge in [-0.15, -0.1) is 0 Å². The van der Waals surface area contributed by atoms with Gasteiger partial charge in [0.1, 0.15) is 11.8 Å². The quantitative estimate of drug-likeness (QED) is 0.850. The molecule has 1 fully saturated rings. The molecule has 1 unspecified atom stereocenters. The summed E-state index contributed by atoms with van der Waals surface area (Å²) in [6.07, 6.45) is 3.85. The number of nitrogens with one attached hydrogen (secondary N) is 1. The van der Waals surface area contributed by atoms with Gasteiger partial charge in [0.25, 0.3) is 5.91 Å². The maximum atomic E-state index is 12.8. The largest absolute Gasteiger partial charge is 0.469 e. The summed E-state index contributed by atoms with van der Waals surface area (Å²) in [6, 6.07) is 5.97. The first-order valence-electron chi connectivity index (χ1n) is 8.08. The molecule has 0 spiro atoms. The number of carbonyl (C=O) groups excluding carboxylic acids is 2. The Morgan fingerprint density at radius 3 is 2.72 bits per heavy atom. The van der Waals surface area contributed by atoms with Crippen molar-refractivity contribution in [1.29, 1.82) is 0 Å². The molecular weight excluding hydrogens is 363 g/mol. The van der Waals surface area contributed by atoms with Gasteiger partial charge in [-0.25, -0.2) is 0 Å². The monoisotopic (exact) mass is 380 g/mol. The fourth-order valence-electron chi connectivity index (χ4n) is 3.02. The van der Waals surface area contributed by atoms with Crippen molar-refractivity contribution >= 4 is 40.7 Å². The summed E-state index contributed by atoms with van der Waals surface area (Å²) in [7, 11) is 0. The summed E-state index contributed by atoms with van der Waals surface area (Å²) in [5.41, 5.74) is 0.970. The van der Waals surface area contributed by atoms with Crippen molar-refractivity contribution in [3.63, 3.8) is 0 Å². The zero-order valence-corrected chi connectivity index (χ0v) is 15.2. The van der Waals surface area contributed by atoms with Crippen LogP contribution in [0, 0.1) is 6.92 Å². The highest BCUT2D eigenvalue weighted by Gasteiger charge is 2.33. The molecule has 2 amide bonds. The third-order valence-corrected chi connectivity index (χ3v) is 4.89. The Kier molecular flexibility index (Phi) is 5.35. The van der Waals surface area contributed by atoms with Gasteiger partial charge in [0.05, 0.1) is 22.5 Å². The summed E-state index contributed by atoms with van der Waals surface area (Å²) in [6.45, 7) is 2.27. The minimum absolute atomic E-state index is 0.187. The van der Waals surface area contributed by atoms with Crippen molar-refractivity contribution in [2.24, 2.45) is 0 Å². The fourth-order valence-corrected chi connectivity index (χ4v) is 3.47. The molecular formula is C18H18Cl2N2O3. The van der Waals surface area contributed by atoms with Crippen LogP contribution >= 0.6 is 23.2 Å². The molecule has 0 saturated carbocycles. The number of halogens is 2. The number of nitrogens with zero attached hydrogens (tertiary/aromatic N) is 1. The van der Waals surface area contributed by atoms with E-state index in [9.17, 15) is 9.59 Å². The lowest BCUT2D eigenvalue weighted by molar-refractivity contribution is -0.121. The molecule has 1 atom stereocenters. The average Bonchev–Trinajstić information content (AvgIpc) is 3.02. The molecule has 5 nitrogen and oxygen atoms in total. The maximum Gasteiger partial charge on any atom is 0.258 e. The van der Waals surface area contributed by atoms with Gasteiger partial charge in [0.15, 0.2) is 0 Å². The van der Waals surface area contributed by atoms with Crippen molar-refractivity contribution in [1.82, 2.24) is 4.90 Å². The average molecular weight is 381 g/mol. The fraction of sp³-hybridized carbons (Fsp3) is 0.333. The number of likely N-dealkylation sites (tertiary alicyclic amines) is 1. The van der Waals surface area contributed by atoms with Crippen molar-refractivity contribution < 1.29 is 14.0 Å². The van der Waals surface area contributed by atoms with E-state index < -0.39 is 6.04 Å². The van der Waals surface area contributed by atoms with Crippen LogP contribution in [0.2, 0.25) is 10.0 Å². The van der Waals surface area contributed by atoms with Crippen LogP contribution in [0.1, 0.15) is 35.4 Å². The van der Waals surface area contributed by atoms with Crippen LogP contribution in [-0.4, -0.2) is 29.3 Å². The van der Waals surface area contributed by atoms with Crippen LogP contribution in [0.5, 0.6) is 0 Å². The highest BCUT2D eigenvalue weighted by Crippen LogP contribution is 2.27. The van der Waals surface area contributed by atoms with E-state index in [-0.39, 0.29) is 11.8 Å². The molecule has 1 saturated heterocycles. The molecule has 0 aliphatic carbocycles. The zero-order chi connectivity index (χ0) is 18.0. The number of anilines is 1. The smallest absolute Gasteiger partial charge is 0.258 e. The van der Waals surface area contributed by atoms with Gasteiger partial charge in [-0.05, 0) is 50.5 Å². The predicted octanol–water partition coefficient (Wildman–Crippen LogP) is 4.53. The molecule has 1 aromatic carbocycles. The second-order valence-corrected chi connectivity index (χ2v) is 6.86. The Morgan fingerprint density at radius 2 is 2.04 bits per heavy atom. The number of piperidine rings is 1. The SMILES string of the molecule is Cc1occc1C(=O)N1CCCCC1C(=O)Nc1ccc(Cl)cc1Cl. The highest BCUT2D eigenvalue weighted by molar-refractivity contribution is 6.36. The number of hydrogen-bond donors (Lipinski definition) is 1. The summed E-state index contributed by atoms with van der Waals surface area (Å²) >= 11 is 12.0. The first-order valence-corrected chi connectivity index (χ1v) is 8.84. The molecule has 25 heavy (non-hydrogen) atoms. The van der Waals surface area contributed by atoms with Gasteiger partial charge in [0, 0.05) is 11.6 Å². The van der Waals surface area contributed by atoms with E-state index >= 15 is 0 Å². The van der Waals surface area contributed by atoms with E-state index in [4.69, 9.17) is 27.6 Å². The van der Waals surface area contributed by atoms with Crippen LogP contribution in [-0.2, 0) is 4.79 Å². The van der Waals surface area contributed by atoms with Gasteiger partial charge >= 0.3 is 0 Å². The summed E-state index contributed by atoms with van der Waals surface area (Å²) in [5.74, 6) is 0.113. The minimum atomic E-state index is -0.540. The minimum Gasteiger partial charge on any atom is -0.469 e. The van der Waals surface area contributed by atoms with E-state index in [1.165, 1.54) is 6.26 Å². The molecule has 0 bridgehead atoms. The molecule has 2 aromatic rings. The van der Waals surface area contributed by atoms with Crippen molar-refractivity contribution in [2.45, 2.75) is 32.2 Å². The Hall–Kier alpha value is -1.98. The van der Waals surface area contributed by atoms with Crippen molar-refractivity contribution in [3.8, 4) is 0 Å². The number of hydrogen-bond acceptors (Lipinski definition) is 3. The Balaban J connectivity index is 1.79. The first kappa shape index (κ1) is 17.8. The molecule has 132 valence electrons. The van der Waals surface area contributed by atoms with E-state index in [0.29, 0.717) is 40.0 Å². The normalized spacial score (nSPS) is 17.4. The lowest BCUT2D eigenvalue weighted by Crippen LogP contribution is -2.50. The Labute approximate surface area is 155 Å². The molecule has 1 aliphatic rings. The molecule has 1 aromatic heterocycles. The van der Waals surface area contributed by atoms with Gasteiger partial charge in [-0.1, -0.05) is 23.2 Å². The summed E-state index contributed by atoms with van der Waals surface area (Å²) in [5, 5.41) is 3.66. The van der Waals surface area contributed by atoms with Crippen molar-refractivity contribution in [2.75, 3.05) is 11.9 Å². The van der Waals surface area contributed by atoms with E-state index in [1.54, 1.807) is 36.1 Å². The third-order valence-electron chi connectivity index (χ3n) is 4.34. The van der Waals surface area contributed by atoms with Gasteiger partial charge in [0.2, 0.25) is 5.91 Å². The number of amides is 2. The second kappa shape index (κ2) is 7.50. The topological polar surface area (TPSA) is 62.6 Å². The maximum absolute atomic E-state index is 12.8. The summed E-state index contributed by atoms with van der Waals surface area (Å²) < 4.78 is 5.22. The lowest BCUT2D eigenvalue weighted by Gasteiger charge is -2.34. The van der Waals surface area contributed by atoms with E-state index in [2.05, 4.69) is 5.32 Å². The van der Waals surface area contributed by atoms with Crippen molar-refractivity contribution in [3.05, 3.63) is 51.9 Å². The Morgan fingerprint density at radius 1 is 1.24 bits per heavy atom. The second-order valence-electron chi connectivity index (χ2n) is 6.01. The molecule has 1 N–H and O–H groups in total. The molecule has 7 heteroatoms. The summed E-state index contributed by atoms with van der Waals surface area (Å²) in [4.78, 5) is 27.2. The number of aryl methyl sites for hydroxylation is 1. The molecule has 0 radical (unpaired) electrons. The van der Waals surface area contributed by atoms with Gasteiger partial charge in [-0.2, -0.15) is 0 Å². The lowest BCUT2D eigenvalue weighted by atomic mass is 10.00. The number of rotatable bonds is 3. The zero-order valence-electron chi connectivity index (χ0n) is 13.7. The van der Waals surface area contributed by atoms with Gasteiger partial charge in [-0.3, -0.25) is 9.59 Å². The van der Waals surface area contributed by atoms with Crippen LogP contribution in [0.3, 0.4) is 0 Å². The standard InChI is InChI=1S/C18H18Cl2N2O3/c1-11-13(7-9-25-11)18(24)22-8-3-2-4-16(22)17(23)21-15-6-5-12(19)10-14(15)20/h5-7,9-10,16H,2-4,8H2,1H3,(H,21,23). The van der Waals surface area contributed by atoms with Crippen LogP contribution in [0.25, 0.3) is 0 Å². The van der Waals surface area contributed by atoms with Crippen LogP contribution in [0.4, 0.5) is 5.69 Å². The number of carbonyl (C=O) groups is 2.